The molecule has 0 aliphatic rings. The summed E-state index contributed by atoms with van der Waals surface area (Å²) in [5.41, 5.74) is -0.527. The average Bonchev–Trinajstić information content (AvgIpc) is 2.31. The van der Waals surface area contributed by atoms with Crippen molar-refractivity contribution in [2.45, 2.75) is 26.4 Å². The first-order valence-electron chi connectivity index (χ1n) is 5.75. The molecule has 0 radical (unpaired) electrons. The number of benzene rings is 1. The van der Waals surface area contributed by atoms with Gasteiger partial charge in [0.05, 0.1) is 5.56 Å². The van der Waals surface area contributed by atoms with E-state index < -0.39 is 23.2 Å². The van der Waals surface area contributed by atoms with Gasteiger partial charge in [-0.3, -0.25) is 4.98 Å². The molecule has 0 unspecified atom stereocenters. The summed E-state index contributed by atoms with van der Waals surface area (Å²) >= 11 is 0. The molecule has 5 heteroatoms. The van der Waals surface area contributed by atoms with Crippen molar-refractivity contribution in [3.63, 3.8) is 0 Å². The van der Waals surface area contributed by atoms with Crippen LogP contribution in [0.3, 0.4) is 0 Å². The highest BCUT2D eigenvalue weighted by molar-refractivity contribution is 5.93. The summed E-state index contributed by atoms with van der Waals surface area (Å²) in [6.45, 7) is 5.23. The van der Waals surface area contributed by atoms with Crippen LogP contribution < -0.4 is 0 Å². The summed E-state index contributed by atoms with van der Waals surface area (Å²) in [6.07, 6.45) is 1.18. The molecule has 100 valence electrons. The van der Waals surface area contributed by atoms with Crippen LogP contribution in [0.15, 0.2) is 24.4 Å². The van der Waals surface area contributed by atoms with Gasteiger partial charge in [0.1, 0.15) is 11.1 Å². The lowest BCUT2D eigenvalue weighted by Crippen LogP contribution is -2.23. The summed E-state index contributed by atoms with van der Waals surface area (Å²) in [5.74, 6) is -2.54. The third-order valence-corrected chi connectivity index (χ3v) is 2.38. The number of pyridine rings is 1. The van der Waals surface area contributed by atoms with Gasteiger partial charge in [0.25, 0.3) is 0 Å². The summed E-state index contributed by atoms with van der Waals surface area (Å²) in [4.78, 5) is 15.6. The van der Waals surface area contributed by atoms with Gasteiger partial charge >= 0.3 is 5.97 Å². The van der Waals surface area contributed by atoms with E-state index in [1.807, 2.05) is 0 Å². The van der Waals surface area contributed by atoms with Crippen LogP contribution in [0.1, 0.15) is 31.1 Å². The molecule has 0 spiro atoms. The number of carbonyl (C=O) groups is 1. The Bertz CT molecular complexity index is 648. The normalized spacial score (nSPS) is 11.6. The van der Waals surface area contributed by atoms with Crippen molar-refractivity contribution >= 4 is 16.9 Å². The lowest BCUT2D eigenvalue weighted by Gasteiger charge is -2.19. The molecule has 0 atom stereocenters. The summed E-state index contributed by atoms with van der Waals surface area (Å²) < 4.78 is 31.7. The Balaban J connectivity index is 2.43. The number of esters is 1. The van der Waals surface area contributed by atoms with Crippen molar-refractivity contribution in [1.82, 2.24) is 4.98 Å². The van der Waals surface area contributed by atoms with Gasteiger partial charge < -0.3 is 4.74 Å². The fourth-order valence-electron chi connectivity index (χ4n) is 1.59. The molecule has 2 aromatic rings. The van der Waals surface area contributed by atoms with Crippen molar-refractivity contribution in [2.75, 3.05) is 0 Å². The Hall–Kier alpha value is -2.04. The molecule has 0 bridgehead atoms. The van der Waals surface area contributed by atoms with Crippen LogP contribution in [0, 0.1) is 11.6 Å². The summed E-state index contributed by atoms with van der Waals surface area (Å²) in [5, 5.41) is 0.349. The molecule has 1 aromatic carbocycles. The number of ether oxygens (including phenoxy) is 1. The molecule has 1 aromatic heterocycles. The fraction of sp³-hybridized carbons (Fsp3) is 0.286. The second kappa shape index (κ2) is 4.57. The predicted molar refractivity (Wildman–Crippen MR) is 66.8 cm³/mol. The number of nitrogens with zero attached hydrogens (tertiary/aromatic N) is 1. The quantitative estimate of drug-likeness (QED) is 0.741. The van der Waals surface area contributed by atoms with E-state index >= 15 is 0 Å². The molecular weight excluding hydrogens is 252 g/mol. The van der Waals surface area contributed by atoms with Crippen molar-refractivity contribution in [1.29, 1.82) is 0 Å². The van der Waals surface area contributed by atoms with Crippen molar-refractivity contribution in [3.8, 4) is 0 Å². The van der Waals surface area contributed by atoms with Crippen LogP contribution in [0.2, 0.25) is 0 Å². The summed E-state index contributed by atoms with van der Waals surface area (Å²) in [7, 11) is 0. The summed E-state index contributed by atoms with van der Waals surface area (Å²) in [6, 6.07) is 3.80. The number of hydrogen-bond donors (Lipinski definition) is 0. The number of carbonyl (C=O) groups excluding carboxylic acids is 1. The minimum absolute atomic E-state index is 0.104. The third kappa shape index (κ3) is 2.86. The first-order chi connectivity index (χ1) is 8.78. The van der Waals surface area contributed by atoms with E-state index in [0.717, 1.165) is 6.07 Å². The van der Waals surface area contributed by atoms with Crippen LogP contribution in [0.5, 0.6) is 0 Å². The van der Waals surface area contributed by atoms with E-state index in [1.54, 1.807) is 20.8 Å². The minimum atomic E-state index is -1.02. The molecule has 0 saturated heterocycles. The standard InChI is InChI=1S/C14H13F2NO2/c1-14(2,3)19-13(18)9-6-8-4-5-10(15)11(16)12(8)17-7-9/h4-7H,1-3H3. The van der Waals surface area contributed by atoms with Crippen molar-refractivity contribution in [2.24, 2.45) is 0 Å². The van der Waals surface area contributed by atoms with Gasteiger partial charge in [-0.15, -0.1) is 0 Å². The molecule has 3 nitrogen and oxygen atoms in total. The Labute approximate surface area is 109 Å². The van der Waals surface area contributed by atoms with Gasteiger partial charge in [0, 0.05) is 11.6 Å². The Morgan fingerprint density at radius 1 is 1.26 bits per heavy atom. The van der Waals surface area contributed by atoms with Gasteiger partial charge in [0.2, 0.25) is 0 Å². The van der Waals surface area contributed by atoms with Gasteiger partial charge in [0.15, 0.2) is 11.6 Å². The van der Waals surface area contributed by atoms with Crippen LogP contribution in [0.25, 0.3) is 10.9 Å². The second-order valence-corrected chi connectivity index (χ2v) is 5.16. The highest BCUT2D eigenvalue weighted by Crippen LogP contribution is 2.20. The van der Waals surface area contributed by atoms with E-state index in [-0.39, 0.29) is 11.1 Å². The lowest BCUT2D eigenvalue weighted by molar-refractivity contribution is 0.00693. The maximum atomic E-state index is 13.4. The van der Waals surface area contributed by atoms with Crippen LogP contribution in [-0.4, -0.2) is 16.6 Å². The van der Waals surface area contributed by atoms with E-state index in [1.165, 1.54) is 18.3 Å². The zero-order valence-electron chi connectivity index (χ0n) is 10.8. The SMILES string of the molecule is CC(C)(C)OC(=O)c1cnc2c(F)c(F)ccc2c1. The zero-order valence-corrected chi connectivity index (χ0v) is 10.8. The molecule has 0 N–H and O–H groups in total. The fourth-order valence-corrected chi connectivity index (χ4v) is 1.59. The number of rotatable bonds is 1. The lowest BCUT2D eigenvalue weighted by atomic mass is 10.1. The Morgan fingerprint density at radius 2 is 1.95 bits per heavy atom. The van der Waals surface area contributed by atoms with E-state index in [0.29, 0.717) is 5.39 Å². The van der Waals surface area contributed by atoms with Crippen molar-refractivity contribution < 1.29 is 18.3 Å². The highest BCUT2D eigenvalue weighted by Gasteiger charge is 2.19. The van der Waals surface area contributed by atoms with Gasteiger partial charge in [-0.2, -0.15) is 0 Å². The molecule has 19 heavy (non-hydrogen) atoms. The monoisotopic (exact) mass is 265 g/mol. The van der Waals surface area contributed by atoms with Crippen LogP contribution in [-0.2, 0) is 4.74 Å². The predicted octanol–water partition coefficient (Wildman–Crippen LogP) is 3.47. The number of halogens is 2. The van der Waals surface area contributed by atoms with Gasteiger partial charge in [-0.05, 0) is 39.0 Å². The minimum Gasteiger partial charge on any atom is -0.456 e. The Kier molecular flexibility index (Phi) is 3.22. The molecule has 0 saturated carbocycles. The molecule has 0 aliphatic carbocycles. The molecular formula is C14H13F2NO2. The first-order valence-corrected chi connectivity index (χ1v) is 5.75. The van der Waals surface area contributed by atoms with Gasteiger partial charge in [-0.1, -0.05) is 0 Å². The molecule has 0 amide bonds. The van der Waals surface area contributed by atoms with Crippen LogP contribution in [0.4, 0.5) is 8.78 Å². The largest absolute Gasteiger partial charge is 0.456 e. The van der Waals surface area contributed by atoms with E-state index in [9.17, 15) is 13.6 Å². The molecule has 0 aliphatic heterocycles. The van der Waals surface area contributed by atoms with Gasteiger partial charge in [-0.25, -0.2) is 13.6 Å². The van der Waals surface area contributed by atoms with E-state index in [4.69, 9.17) is 4.74 Å². The first kappa shape index (κ1) is 13.4. The highest BCUT2D eigenvalue weighted by atomic mass is 19.2. The number of aromatic nitrogens is 1. The topological polar surface area (TPSA) is 39.2 Å². The number of hydrogen-bond acceptors (Lipinski definition) is 3. The smallest absolute Gasteiger partial charge is 0.340 e. The Morgan fingerprint density at radius 3 is 2.58 bits per heavy atom. The van der Waals surface area contributed by atoms with Crippen LogP contribution >= 0.6 is 0 Å². The maximum Gasteiger partial charge on any atom is 0.340 e. The second-order valence-electron chi connectivity index (χ2n) is 5.16. The average molecular weight is 265 g/mol. The van der Waals surface area contributed by atoms with E-state index in [2.05, 4.69) is 4.98 Å². The van der Waals surface area contributed by atoms with Crippen molar-refractivity contribution in [3.05, 3.63) is 41.6 Å². The third-order valence-electron chi connectivity index (χ3n) is 2.38. The molecule has 0 fully saturated rings. The molecule has 2 rings (SSSR count). The number of fused-ring (bicyclic) bond motifs is 1. The maximum absolute atomic E-state index is 13.4. The zero-order chi connectivity index (χ0) is 14.2. The molecule has 1 heterocycles.